The summed E-state index contributed by atoms with van der Waals surface area (Å²) in [7, 11) is 0. The lowest BCUT2D eigenvalue weighted by Gasteiger charge is -2.05. The van der Waals surface area contributed by atoms with Crippen LogP contribution < -0.4 is 5.32 Å². The van der Waals surface area contributed by atoms with Crippen LogP contribution in [-0.2, 0) is 4.79 Å². The van der Waals surface area contributed by atoms with E-state index in [4.69, 9.17) is 4.42 Å². The standard InChI is InChI=1S/C17H12F3N3O2S2/c18-11-3-1-10(2-4-11)15-22-23-17(25-15)26-9-14(24)21-12-5-7-13(8-6-12)27-16(19)20/h1-8,16H,9H2,(H,21,24). The lowest BCUT2D eigenvalue weighted by molar-refractivity contribution is -0.113. The Hall–Kier alpha value is -2.46. The number of anilines is 1. The number of alkyl halides is 2. The van der Waals surface area contributed by atoms with Gasteiger partial charge in [0.2, 0.25) is 11.8 Å². The van der Waals surface area contributed by atoms with E-state index in [2.05, 4.69) is 15.5 Å². The zero-order chi connectivity index (χ0) is 19.2. The number of amides is 1. The van der Waals surface area contributed by atoms with Crippen LogP contribution in [0.2, 0.25) is 0 Å². The summed E-state index contributed by atoms with van der Waals surface area (Å²) >= 11 is 1.48. The van der Waals surface area contributed by atoms with E-state index in [0.29, 0.717) is 27.9 Å². The van der Waals surface area contributed by atoms with Crippen molar-refractivity contribution in [1.29, 1.82) is 0 Å². The van der Waals surface area contributed by atoms with Gasteiger partial charge in [-0.25, -0.2) is 4.39 Å². The Morgan fingerprint density at radius 3 is 2.44 bits per heavy atom. The number of halogens is 3. The number of thioether (sulfide) groups is 2. The normalized spacial score (nSPS) is 11.0. The minimum absolute atomic E-state index is 0.0264. The Balaban J connectivity index is 1.51. The maximum absolute atomic E-state index is 12.9. The van der Waals surface area contributed by atoms with Gasteiger partial charge in [0.25, 0.3) is 11.0 Å². The predicted octanol–water partition coefficient (Wildman–Crippen LogP) is 4.92. The van der Waals surface area contributed by atoms with Crippen LogP contribution in [0.25, 0.3) is 11.5 Å². The van der Waals surface area contributed by atoms with Crippen molar-refractivity contribution >= 4 is 35.1 Å². The molecule has 0 bridgehead atoms. The maximum atomic E-state index is 12.9. The predicted molar refractivity (Wildman–Crippen MR) is 97.3 cm³/mol. The average Bonchev–Trinajstić information content (AvgIpc) is 3.11. The molecule has 1 N–H and O–H groups in total. The van der Waals surface area contributed by atoms with E-state index in [1.807, 2.05) is 0 Å². The van der Waals surface area contributed by atoms with E-state index >= 15 is 0 Å². The van der Waals surface area contributed by atoms with Gasteiger partial charge >= 0.3 is 0 Å². The molecule has 0 aliphatic carbocycles. The molecule has 0 unspecified atom stereocenters. The second-order valence-corrected chi connectivity index (χ2v) is 7.11. The number of hydrogen-bond donors (Lipinski definition) is 1. The van der Waals surface area contributed by atoms with Crippen LogP contribution in [0.1, 0.15) is 0 Å². The first-order chi connectivity index (χ1) is 13.0. The molecule has 0 fully saturated rings. The molecule has 0 saturated heterocycles. The molecular weight excluding hydrogens is 399 g/mol. The number of nitrogens with zero attached hydrogens (tertiary/aromatic N) is 2. The molecule has 1 heterocycles. The van der Waals surface area contributed by atoms with Crippen molar-refractivity contribution in [3.8, 4) is 11.5 Å². The Morgan fingerprint density at radius 1 is 1.07 bits per heavy atom. The molecule has 0 spiro atoms. The molecule has 0 atom stereocenters. The van der Waals surface area contributed by atoms with Gasteiger partial charge in [-0.3, -0.25) is 4.79 Å². The Bertz CT molecular complexity index is 903. The molecule has 2 aromatic carbocycles. The van der Waals surface area contributed by atoms with Crippen LogP contribution in [0.3, 0.4) is 0 Å². The van der Waals surface area contributed by atoms with E-state index in [-0.39, 0.29) is 28.6 Å². The number of rotatable bonds is 7. The molecule has 3 aromatic rings. The van der Waals surface area contributed by atoms with Gasteiger partial charge in [-0.05, 0) is 48.5 Å². The van der Waals surface area contributed by atoms with E-state index < -0.39 is 5.76 Å². The highest BCUT2D eigenvalue weighted by molar-refractivity contribution is 7.99. The van der Waals surface area contributed by atoms with Crippen molar-refractivity contribution < 1.29 is 22.4 Å². The van der Waals surface area contributed by atoms with Gasteiger partial charge in [0, 0.05) is 16.1 Å². The van der Waals surface area contributed by atoms with Crippen LogP contribution >= 0.6 is 23.5 Å². The van der Waals surface area contributed by atoms with Crippen molar-refractivity contribution in [2.45, 2.75) is 15.9 Å². The summed E-state index contributed by atoms with van der Waals surface area (Å²) in [6.45, 7) is 0. The van der Waals surface area contributed by atoms with Gasteiger partial charge in [0.15, 0.2) is 0 Å². The van der Waals surface area contributed by atoms with E-state index in [1.54, 1.807) is 12.1 Å². The molecule has 1 amide bonds. The Morgan fingerprint density at radius 2 is 1.78 bits per heavy atom. The van der Waals surface area contributed by atoms with Gasteiger partial charge in [-0.1, -0.05) is 23.5 Å². The monoisotopic (exact) mass is 411 g/mol. The van der Waals surface area contributed by atoms with Crippen molar-refractivity contribution in [2.75, 3.05) is 11.1 Å². The first-order valence-corrected chi connectivity index (χ1v) is 9.43. The minimum Gasteiger partial charge on any atom is -0.411 e. The van der Waals surface area contributed by atoms with Crippen molar-refractivity contribution in [3.05, 3.63) is 54.3 Å². The fourth-order valence-corrected chi connectivity index (χ4v) is 3.08. The maximum Gasteiger partial charge on any atom is 0.288 e. The van der Waals surface area contributed by atoms with Crippen molar-refractivity contribution in [3.63, 3.8) is 0 Å². The number of carbonyl (C=O) groups excluding carboxylic acids is 1. The zero-order valence-corrected chi connectivity index (χ0v) is 15.2. The quantitative estimate of drug-likeness (QED) is 0.557. The molecule has 5 nitrogen and oxygen atoms in total. The Kier molecular flexibility index (Phi) is 6.40. The first-order valence-electron chi connectivity index (χ1n) is 7.56. The molecule has 0 aliphatic rings. The van der Waals surface area contributed by atoms with Crippen molar-refractivity contribution in [1.82, 2.24) is 10.2 Å². The van der Waals surface area contributed by atoms with Gasteiger partial charge < -0.3 is 9.73 Å². The summed E-state index contributed by atoms with van der Waals surface area (Å²) in [4.78, 5) is 12.4. The lowest BCUT2D eigenvalue weighted by atomic mass is 10.2. The highest BCUT2D eigenvalue weighted by atomic mass is 32.2. The third-order valence-corrected chi connectivity index (χ3v) is 4.73. The second kappa shape index (κ2) is 8.96. The fourth-order valence-electron chi connectivity index (χ4n) is 2.02. The van der Waals surface area contributed by atoms with Crippen LogP contribution in [0.15, 0.2) is 63.1 Å². The molecule has 3 rings (SSSR count). The second-order valence-electron chi connectivity index (χ2n) is 5.12. The minimum atomic E-state index is -2.49. The van der Waals surface area contributed by atoms with Gasteiger partial charge in [0.1, 0.15) is 5.82 Å². The number of hydrogen-bond acceptors (Lipinski definition) is 6. The van der Waals surface area contributed by atoms with Crippen LogP contribution in [-0.4, -0.2) is 27.6 Å². The van der Waals surface area contributed by atoms with Crippen LogP contribution in [0.4, 0.5) is 18.9 Å². The highest BCUT2D eigenvalue weighted by Crippen LogP contribution is 2.26. The summed E-state index contributed by atoms with van der Waals surface area (Å²) in [6.07, 6.45) is 0. The smallest absolute Gasteiger partial charge is 0.288 e. The average molecular weight is 411 g/mol. The summed E-state index contributed by atoms with van der Waals surface area (Å²) in [5, 5.41) is 10.5. The van der Waals surface area contributed by atoms with Crippen molar-refractivity contribution in [2.24, 2.45) is 0 Å². The molecule has 10 heteroatoms. The number of aromatic nitrogens is 2. The van der Waals surface area contributed by atoms with Crippen LogP contribution in [0.5, 0.6) is 0 Å². The van der Waals surface area contributed by atoms with Gasteiger partial charge in [-0.15, -0.1) is 10.2 Å². The Labute approximate surface area is 160 Å². The van der Waals surface area contributed by atoms with Crippen LogP contribution in [0, 0.1) is 5.82 Å². The third-order valence-electron chi connectivity index (χ3n) is 3.19. The molecule has 0 radical (unpaired) electrons. The first kappa shape index (κ1) is 19.3. The summed E-state index contributed by atoms with van der Waals surface area (Å²) in [6, 6.07) is 11.7. The third kappa shape index (κ3) is 5.76. The number of nitrogens with one attached hydrogen (secondary N) is 1. The SMILES string of the molecule is O=C(CSc1nnc(-c2ccc(F)cc2)o1)Nc1ccc(SC(F)F)cc1. The summed E-state index contributed by atoms with van der Waals surface area (Å²) in [5.74, 6) is -2.92. The lowest BCUT2D eigenvalue weighted by Crippen LogP contribution is -2.13. The molecule has 140 valence electrons. The highest BCUT2D eigenvalue weighted by Gasteiger charge is 2.12. The van der Waals surface area contributed by atoms with E-state index in [0.717, 1.165) is 11.8 Å². The fraction of sp³-hybridized carbons (Fsp3) is 0.118. The summed E-state index contributed by atoms with van der Waals surface area (Å²) < 4.78 is 42.9. The molecule has 27 heavy (non-hydrogen) atoms. The van der Waals surface area contributed by atoms with Gasteiger partial charge in [-0.2, -0.15) is 8.78 Å². The zero-order valence-electron chi connectivity index (χ0n) is 13.6. The van der Waals surface area contributed by atoms with E-state index in [9.17, 15) is 18.0 Å². The van der Waals surface area contributed by atoms with Gasteiger partial charge in [0.05, 0.1) is 5.75 Å². The summed E-state index contributed by atoms with van der Waals surface area (Å²) in [5.41, 5.74) is 1.07. The van der Waals surface area contributed by atoms with E-state index in [1.165, 1.54) is 36.4 Å². The number of carbonyl (C=O) groups is 1. The number of benzene rings is 2. The molecule has 1 aromatic heterocycles. The molecule has 0 aliphatic heterocycles. The molecular formula is C17H12F3N3O2S2. The molecule has 0 saturated carbocycles. The topological polar surface area (TPSA) is 68.0 Å². The largest absolute Gasteiger partial charge is 0.411 e.